The summed E-state index contributed by atoms with van der Waals surface area (Å²) in [4.78, 5) is 13.8. The Hall–Kier alpha value is -1.49. The highest BCUT2D eigenvalue weighted by atomic mass is 16.3. The van der Waals surface area contributed by atoms with Crippen molar-refractivity contribution >= 4 is 6.03 Å². The van der Waals surface area contributed by atoms with Crippen molar-refractivity contribution in [2.24, 2.45) is 5.92 Å². The molecular weight excluding hydrogens is 256 g/mol. The van der Waals surface area contributed by atoms with Gasteiger partial charge in [-0.1, -0.05) is 6.42 Å². The summed E-state index contributed by atoms with van der Waals surface area (Å²) < 4.78 is 5.50. The molecule has 2 N–H and O–H groups in total. The first kappa shape index (κ1) is 14.9. The molecule has 0 radical (unpaired) electrons. The van der Waals surface area contributed by atoms with Gasteiger partial charge in [-0.3, -0.25) is 0 Å². The minimum Gasteiger partial charge on any atom is -0.464 e. The zero-order valence-corrected chi connectivity index (χ0v) is 12.4. The van der Waals surface area contributed by atoms with Gasteiger partial charge in [0.2, 0.25) is 0 Å². The van der Waals surface area contributed by atoms with E-state index in [0.29, 0.717) is 6.54 Å². The number of hydrogen-bond acceptors (Lipinski definition) is 3. The van der Waals surface area contributed by atoms with Gasteiger partial charge in [0, 0.05) is 19.5 Å². The number of carbonyl (C=O) groups is 1. The first-order valence-electron chi connectivity index (χ1n) is 7.23. The third kappa shape index (κ3) is 3.54. The number of aliphatic hydroxyl groups is 1. The molecule has 0 spiro atoms. The smallest absolute Gasteiger partial charge is 0.317 e. The van der Waals surface area contributed by atoms with Gasteiger partial charge in [0.15, 0.2) is 0 Å². The Balaban J connectivity index is 1.84. The Morgan fingerprint density at radius 3 is 2.85 bits per heavy atom. The zero-order valence-electron chi connectivity index (χ0n) is 12.4. The number of aliphatic hydroxyl groups excluding tert-OH is 1. The molecule has 1 fully saturated rings. The Morgan fingerprint density at radius 1 is 1.55 bits per heavy atom. The lowest BCUT2D eigenvalue weighted by molar-refractivity contribution is 0.113. The zero-order chi connectivity index (χ0) is 14.7. The average molecular weight is 280 g/mol. The molecule has 5 heteroatoms. The summed E-state index contributed by atoms with van der Waals surface area (Å²) in [6, 6.07) is 3.47. The van der Waals surface area contributed by atoms with Crippen LogP contribution in [0.2, 0.25) is 0 Å². The Kier molecular flexibility index (Phi) is 4.70. The van der Waals surface area contributed by atoms with Gasteiger partial charge in [-0.25, -0.2) is 4.79 Å². The van der Waals surface area contributed by atoms with Crippen LogP contribution in [0.15, 0.2) is 16.5 Å². The van der Waals surface area contributed by atoms with E-state index in [1.165, 1.54) is 0 Å². The Labute approximate surface area is 119 Å². The van der Waals surface area contributed by atoms with E-state index < -0.39 is 0 Å². The van der Waals surface area contributed by atoms with Crippen LogP contribution in [0.3, 0.4) is 0 Å². The highest BCUT2D eigenvalue weighted by molar-refractivity contribution is 5.74. The molecular formula is C15H24N2O3. The normalized spacial score (nSPS) is 23.6. The van der Waals surface area contributed by atoms with Crippen LogP contribution < -0.4 is 5.32 Å². The van der Waals surface area contributed by atoms with E-state index in [1.54, 1.807) is 11.9 Å². The molecule has 1 aromatic rings. The van der Waals surface area contributed by atoms with E-state index in [0.717, 1.165) is 30.8 Å². The van der Waals surface area contributed by atoms with Crippen molar-refractivity contribution in [1.29, 1.82) is 0 Å². The topological polar surface area (TPSA) is 65.7 Å². The molecule has 0 aromatic carbocycles. The van der Waals surface area contributed by atoms with Gasteiger partial charge in [0.25, 0.3) is 0 Å². The number of amides is 2. The quantitative estimate of drug-likeness (QED) is 0.890. The molecule has 0 bridgehead atoms. The van der Waals surface area contributed by atoms with Gasteiger partial charge in [-0.15, -0.1) is 0 Å². The fourth-order valence-corrected chi connectivity index (χ4v) is 2.72. The van der Waals surface area contributed by atoms with E-state index in [1.807, 2.05) is 26.0 Å². The molecule has 5 nitrogen and oxygen atoms in total. The standard InChI is InChI=1S/C15H24N2O3/c1-10-7-8-14(20-10)11(2)16-15(19)17(3)9-12-5-4-6-13(12)18/h7-8,11-13,18H,4-6,9H2,1-3H3,(H,16,19). The monoisotopic (exact) mass is 280 g/mol. The third-order valence-corrected chi connectivity index (χ3v) is 4.00. The van der Waals surface area contributed by atoms with Crippen LogP contribution in [0.1, 0.15) is 43.7 Å². The summed E-state index contributed by atoms with van der Waals surface area (Å²) in [5.41, 5.74) is 0. The van der Waals surface area contributed by atoms with E-state index in [4.69, 9.17) is 4.42 Å². The molecule has 1 aliphatic carbocycles. The van der Waals surface area contributed by atoms with Crippen LogP contribution >= 0.6 is 0 Å². The van der Waals surface area contributed by atoms with Crippen LogP contribution in [-0.4, -0.2) is 35.7 Å². The van der Waals surface area contributed by atoms with Crippen LogP contribution in [0.5, 0.6) is 0 Å². The molecule has 112 valence electrons. The van der Waals surface area contributed by atoms with Gasteiger partial charge in [0.1, 0.15) is 11.5 Å². The number of furan rings is 1. The molecule has 2 amide bonds. The molecule has 2 rings (SSSR count). The number of urea groups is 1. The lowest BCUT2D eigenvalue weighted by Crippen LogP contribution is -2.42. The number of rotatable bonds is 4. The van der Waals surface area contributed by atoms with E-state index in [-0.39, 0.29) is 24.1 Å². The lowest BCUT2D eigenvalue weighted by atomic mass is 10.1. The van der Waals surface area contributed by atoms with E-state index >= 15 is 0 Å². The number of nitrogens with zero attached hydrogens (tertiary/aromatic N) is 1. The molecule has 1 aromatic heterocycles. The number of carbonyl (C=O) groups excluding carboxylic acids is 1. The Bertz CT molecular complexity index is 458. The van der Waals surface area contributed by atoms with Crippen LogP contribution in [0.4, 0.5) is 4.79 Å². The summed E-state index contributed by atoms with van der Waals surface area (Å²) in [7, 11) is 1.76. The first-order chi connectivity index (χ1) is 9.47. The first-order valence-corrected chi connectivity index (χ1v) is 7.23. The van der Waals surface area contributed by atoms with Crippen LogP contribution in [0, 0.1) is 12.8 Å². The predicted octanol–water partition coefficient (Wildman–Crippen LogP) is 2.45. The molecule has 3 atom stereocenters. The van der Waals surface area contributed by atoms with Gasteiger partial charge in [-0.05, 0) is 38.8 Å². The summed E-state index contributed by atoms with van der Waals surface area (Å²) in [6.45, 7) is 4.37. The molecule has 1 aliphatic rings. The minimum atomic E-state index is -0.268. The summed E-state index contributed by atoms with van der Waals surface area (Å²) >= 11 is 0. The average Bonchev–Trinajstić information content (AvgIpc) is 2.99. The fraction of sp³-hybridized carbons (Fsp3) is 0.667. The fourth-order valence-electron chi connectivity index (χ4n) is 2.72. The second-order valence-corrected chi connectivity index (χ2v) is 5.76. The minimum absolute atomic E-state index is 0.134. The molecule has 1 saturated carbocycles. The predicted molar refractivity (Wildman–Crippen MR) is 76.4 cm³/mol. The molecule has 1 heterocycles. The van der Waals surface area contributed by atoms with Crippen molar-refractivity contribution in [1.82, 2.24) is 10.2 Å². The molecule has 3 unspecified atom stereocenters. The van der Waals surface area contributed by atoms with Crippen LogP contribution in [0.25, 0.3) is 0 Å². The van der Waals surface area contributed by atoms with Crippen molar-refractivity contribution in [3.05, 3.63) is 23.7 Å². The molecule has 0 aliphatic heterocycles. The highest BCUT2D eigenvalue weighted by Gasteiger charge is 2.27. The summed E-state index contributed by atoms with van der Waals surface area (Å²) in [5, 5.41) is 12.7. The highest BCUT2D eigenvalue weighted by Crippen LogP contribution is 2.26. The third-order valence-electron chi connectivity index (χ3n) is 4.00. The van der Waals surface area contributed by atoms with Crippen molar-refractivity contribution in [3.63, 3.8) is 0 Å². The molecule has 0 saturated heterocycles. The number of nitrogens with one attached hydrogen (secondary N) is 1. The SMILES string of the molecule is Cc1ccc(C(C)NC(=O)N(C)CC2CCCC2O)o1. The maximum Gasteiger partial charge on any atom is 0.317 e. The maximum absolute atomic E-state index is 12.1. The van der Waals surface area contributed by atoms with Crippen molar-refractivity contribution in [2.45, 2.75) is 45.3 Å². The van der Waals surface area contributed by atoms with Crippen molar-refractivity contribution < 1.29 is 14.3 Å². The van der Waals surface area contributed by atoms with Gasteiger partial charge >= 0.3 is 6.03 Å². The lowest BCUT2D eigenvalue weighted by Gasteiger charge is -2.25. The van der Waals surface area contributed by atoms with Crippen LogP contribution in [-0.2, 0) is 0 Å². The second kappa shape index (κ2) is 6.31. The van der Waals surface area contributed by atoms with Gasteiger partial charge < -0.3 is 19.7 Å². The number of hydrogen-bond donors (Lipinski definition) is 2. The van der Waals surface area contributed by atoms with Gasteiger partial charge in [-0.2, -0.15) is 0 Å². The second-order valence-electron chi connectivity index (χ2n) is 5.76. The van der Waals surface area contributed by atoms with Crippen molar-refractivity contribution in [3.8, 4) is 0 Å². The summed E-state index contributed by atoms with van der Waals surface area (Å²) in [6.07, 6.45) is 2.62. The van der Waals surface area contributed by atoms with Gasteiger partial charge in [0.05, 0.1) is 12.1 Å². The Morgan fingerprint density at radius 2 is 2.30 bits per heavy atom. The maximum atomic E-state index is 12.1. The van der Waals surface area contributed by atoms with E-state index in [2.05, 4.69) is 5.32 Å². The largest absolute Gasteiger partial charge is 0.464 e. The van der Waals surface area contributed by atoms with Crippen molar-refractivity contribution in [2.75, 3.05) is 13.6 Å². The molecule has 20 heavy (non-hydrogen) atoms. The number of aryl methyl sites for hydroxylation is 1. The summed E-state index contributed by atoms with van der Waals surface area (Å²) in [5.74, 6) is 1.79. The van der Waals surface area contributed by atoms with E-state index in [9.17, 15) is 9.90 Å².